The molecule has 10 aromatic rings. The standard InChI is InChI=1S/C56H39N/c1-3-15-40(16-4-1)54-33-34-55(41-17-5-2-6-18-41)57(54)47-30-27-42(28-31-47)56-52-32-29-43(50-23-11-19-38-13-7-9-21-48(38)50)35-46(52)36-44-25-26-45(37-53(44)56)51-24-12-20-39-14-8-10-22-49(39)51/h1-33,35-37,55H,34H2. The average molecular weight is 726 g/mol. The second-order valence-corrected chi connectivity index (χ2v) is 15.2. The van der Waals surface area contributed by atoms with Crippen molar-refractivity contribution in [3.05, 3.63) is 230 Å². The van der Waals surface area contributed by atoms with Gasteiger partial charge in [0.15, 0.2) is 0 Å². The number of rotatable bonds is 6. The highest BCUT2D eigenvalue weighted by molar-refractivity contribution is 6.15. The molecule has 268 valence electrons. The third kappa shape index (κ3) is 5.79. The number of anilines is 1. The van der Waals surface area contributed by atoms with Gasteiger partial charge in [-0.2, -0.15) is 0 Å². The monoisotopic (exact) mass is 725 g/mol. The molecule has 1 unspecified atom stereocenters. The summed E-state index contributed by atoms with van der Waals surface area (Å²) >= 11 is 0. The van der Waals surface area contributed by atoms with Gasteiger partial charge < -0.3 is 4.90 Å². The molecule has 0 bridgehead atoms. The Balaban J connectivity index is 1.10. The Bertz CT molecular complexity index is 3130. The van der Waals surface area contributed by atoms with Gasteiger partial charge in [0.1, 0.15) is 0 Å². The largest absolute Gasteiger partial charge is 0.333 e. The van der Waals surface area contributed by atoms with E-state index in [1.807, 2.05) is 0 Å². The van der Waals surface area contributed by atoms with Crippen molar-refractivity contribution < 1.29 is 0 Å². The van der Waals surface area contributed by atoms with Crippen molar-refractivity contribution in [1.82, 2.24) is 0 Å². The minimum absolute atomic E-state index is 0.224. The molecule has 11 rings (SSSR count). The van der Waals surface area contributed by atoms with Gasteiger partial charge in [0.2, 0.25) is 0 Å². The summed E-state index contributed by atoms with van der Waals surface area (Å²) in [7, 11) is 0. The Hall–Kier alpha value is -7.22. The first-order valence-electron chi connectivity index (χ1n) is 19.9. The van der Waals surface area contributed by atoms with Gasteiger partial charge in [0, 0.05) is 11.4 Å². The number of fused-ring (bicyclic) bond motifs is 4. The quantitative estimate of drug-likeness (QED) is 0.154. The van der Waals surface area contributed by atoms with Gasteiger partial charge in [-0.1, -0.05) is 188 Å². The smallest absolute Gasteiger partial charge is 0.0626 e. The molecule has 1 aliphatic rings. The van der Waals surface area contributed by atoms with Crippen molar-refractivity contribution in [3.63, 3.8) is 0 Å². The van der Waals surface area contributed by atoms with Crippen LogP contribution in [0.3, 0.4) is 0 Å². The van der Waals surface area contributed by atoms with Crippen LogP contribution in [0.4, 0.5) is 5.69 Å². The van der Waals surface area contributed by atoms with E-state index in [0.29, 0.717) is 0 Å². The van der Waals surface area contributed by atoms with Crippen molar-refractivity contribution in [2.75, 3.05) is 4.90 Å². The lowest BCUT2D eigenvalue weighted by molar-refractivity contribution is 0.749. The molecule has 57 heavy (non-hydrogen) atoms. The van der Waals surface area contributed by atoms with Crippen LogP contribution in [0, 0.1) is 0 Å². The summed E-state index contributed by atoms with van der Waals surface area (Å²) < 4.78 is 0. The first-order chi connectivity index (χ1) is 28.3. The summed E-state index contributed by atoms with van der Waals surface area (Å²) in [6, 6.07) is 78.4. The molecule has 1 nitrogen and oxygen atoms in total. The molecule has 0 spiro atoms. The molecule has 1 atom stereocenters. The third-order valence-electron chi connectivity index (χ3n) is 11.9. The van der Waals surface area contributed by atoms with Crippen LogP contribution < -0.4 is 4.90 Å². The first-order valence-corrected chi connectivity index (χ1v) is 19.9. The Kier molecular flexibility index (Phi) is 8.03. The lowest BCUT2D eigenvalue weighted by Crippen LogP contribution is -2.22. The molecule has 1 heterocycles. The maximum absolute atomic E-state index is 2.53. The second-order valence-electron chi connectivity index (χ2n) is 15.2. The minimum atomic E-state index is 0.224. The van der Waals surface area contributed by atoms with E-state index >= 15 is 0 Å². The lowest BCUT2D eigenvalue weighted by Gasteiger charge is -2.31. The predicted molar refractivity (Wildman–Crippen MR) is 243 cm³/mol. The summed E-state index contributed by atoms with van der Waals surface area (Å²) in [4.78, 5) is 2.53. The van der Waals surface area contributed by atoms with E-state index in [4.69, 9.17) is 0 Å². The van der Waals surface area contributed by atoms with E-state index in [0.717, 1.165) is 6.42 Å². The highest BCUT2D eigenvalue weighted by atomic mass is 15.2. The van der Waals surface area contributed by atoms with Gasteiger partial charge in [-0.25, -0.2) is 0 Å². The SMILES string of the molecule is C1=C(c2ccccc2)N(c2ccc(-c3c4ccc(-c5cccc6ccccc56)cc4cc4ccc(-c5cccc6ccccc56)cc34)cc2)C(c2ccccc2)C1. The van der Waals surface area contributed by atoms with Gasteiger partial charge in [-0.3, -0.25) is 0 Å². The summed E-state index contributed by atoms with van der Waals surface area (Å²) in [6.07, 6.45) is 3.36. The van der Waals surface area contributed by atoms with Crippen molar-refractivity contribution in [2.45, 2.75) is 12.5 Å². The zero-order valence-corrected chi connectivity index (χ0v) is 31.5. The van der Waals surface area contributed by atoms with E-state index < -0.39 is 0 Å². The van der Waals surface area contributed by atoms with E-state index in [2.05, 4.69) is 223 Å². The lowest BCUT2D eigenvalue weighted by atomic mass is 9.88. The van der Waals surface area contributed by atoms with Crippen LogP contribution in [-0.4, -0.2) is 0 Å². The van der Waals surface area contributed by atoms with Crippen molar-refractivity contribution >= 4 is 54.5 Å². The average Bonchev–Trinajstić information content (AvgIpc) is 3.74. The number of hydrogen-bond donors (Lipinski definition) is 0. The van der Waals surface area contributed by atoms with Crippen molar-refractivity contribution in [1.29, 1.82) is 0 Å². The summed E-state index contributed by atoms with van der Waals surface area (Å²) in [5.41, 5.74) is 12.5. The third-order valence-corrected chi connectivity index (χ3v) is 11.9. The van der Waals surface area contributed by atoms with Crippen molar-refractivity contribution in [2.24, 2.45) is 0 Å². The predicted octanol–water partition coefficient (Wildman–Crippen LogP) is 15.3. The van der Waals surface area contributed by atoms with Crippen LogP contribution in [0.1, 0.15) is 23.6 Å². The molecule has 0 aromatic heterocycles. The summed E-state index contributed by atoms with van der Waals surface area (Å²) in [5, 5.41) is 10.0. The maximum Gasteiger partial charge on any atom is 0.0626 e. The zero-order chi connectivity index (χ0) is 37.7. The Morgan fingerprint density at radius 1 is 0.351 bits per heavy atom. The van der Waals surface area contributed by atoms with Gasteiger partial charge in [-0.15, -0.1) is 0 Å². The molecule has 1 heteroatoms. The molecule has 0 aliphatic carbocycles. The molecule has 0 saturated heterocycles. The Morgan fingerprint density at radius 2 is 0.930 bits per heavy atom. The minimum Gasteiger partial charge on any atom is -0.333 e. The van der Waals surface area contributed by atoms with Crippen LogP contribution in [0.5, 0.6) is 0 Å². The van der Waals surface area contributed by atoms with Gasteiger partial charge in [0.05, 0.1) is 6.04 Å². The highest BCUT2D eigenvalue weighted by Crippen LogP contribution is 2.45. The van der Waals surface area contributed by atoms with Crippen LogP contribution >= 0.6 is 0 Å². The van der Waals surface area contributed by atoms with Crippen LogP contribution in [-0.2, 0) is 0 Å². The summed E-state index contributed by atoms with van der Waals surface area (Å²) in [6.45, 7) is 0. The van der Waals surface area contributed by atoms with Crippen LogP contribution in [0.2, 0.25) is 0 Å². The van der Waals surface area contributed by atoms with Gasteiger partial charge in [-0.05, 0) is 124 Å². The first kappa shape index (κ1) is 33.1. The number of benzene rings is 10. The van der Waals surface area contributed by atoms with E-state index in [9.17, 15) is 0 Å². The number of hydrogen-bond acceptors (Lipinski definition) is 1. The summed E-state index contributed by atoms with van der Waals surface area (Å²) in [5.74, 6) is 0. The molecule has 0 radical (unpaired) electrons. The van der Waals surface area contributed by atoms with Gasteiger partial charge >= 0.3 is 0 Å². The zero-order valence-electron chi connectivity index (χ0n) is 31.5. The maximum atomic E-state index is 2.53. The molecule has 0 N–H and O–H groups in total. The highest BCUT2D eigenvalue weighted by Gasteiger charge is 2.29. The van der Waals surface area contributed by atoms with Crippen LogP contribution in [0.15, 0.2) is 218 Å². The van der Waals surface area contributed by atoms with Crippen molar-refractivity contribution in [3.8, 4) is 33.4 Å². The van der Waals surface area contributed by atoms with Crippen LogP contribution in [0.25, 0.3) is 82.2 Å². The molecule has 0 amide bonds. The normalized spacial score (nSPS) is 14.1. The molecular weight excluding hydrogens is 687 g/mol. The fraction of sp³-hybridized carbons (Fsp3) is 0.0357. The second kappa shape index (κ2) is 13.8. The van der Waals surface area contributed by atoms with E-state index in [1.54, 1.807) is 0 Å². The molecule has 0 saturated carbocycles. The molecule has 1 aliphatic heterocycles. The van der Waals surface area contributed by atoms with Gasteiger partial charge in [0.25, 0.3) is 0 Å². The molecule has 0 fully saturated rings. The Morgan fingerprint density at radius 3 is 1.63 bits per heavy atom. The van der Waals surface area contributed by atoms with E-state index in [1.165, 1.54) is 99.0 Å². The van der Waals surface area contributed by atoms with E-state index in [-0.39, 0.29) is 6.04 Å². The molecule has 10 aromatic carbocycles. The topological polar surface area (TPSA) is 3.24 Å². The Labute approximate surface area is 333 Å². The molecular formula is C56H39N. The fourth-order valence-electron chi connectivity index (χ4n) is 9.25. The fourth-order valence-corrected chi connectivity index (χ4v) is 9.25. The number of nitrogens with zero attached hydrogens (tertiary/aromatic N) is 1.